The third-order valence-corrected chi connectivity index (χ3v) is 3.28. The van der Waals surface area contributed by atoms with Crippen molar-refractivity contribution in [2.75, 3.05) is 39.4 Å². The van der Waals surface area contributed by atoms with Gasteiger partial charge in [0.2, 0.25) is 0 Å². The largest absolute Gasteiger partial charge is 0.401 e. The molecule has 1 aliphatic rings. The van der Waals surface area contributed by atoms with E-state index in [0.29, 0.717) is 26.3 Å². The molecule has 0 aromatic heterocycles. The van der Waals surface area contributed by atoms with Crippen molar-refractivity contribution >= 4 is 0 Å². The molecule has 1 N–H and O–H groups in total. The summed E-state index contributed by atoms with van der Waals surface area (Å²) in [5.41, 5.74) is 0. The summed E-state index contributed by atoms with van der Waals surface area (Å²) < 4.78 is 42.6. The Morgan fingerprint density at radius 3 is 2.61 bits per heavy atom. The SMILES string of the molecule is CCNC1CCOCC1CN(CC)CC(F)(F)F. The number of hydrogen-bond donors (Lipinski definition) is 1. The van der Waals surface area contributed by atoms with Crippen LogP contribution < -0.4 is 5.32 Å². The van der Waals surface area contributed by atoms with Crippen molar-refractivity contribution in [3.8, 4) is 0 Å². The fourth-order valence-corrected chi connectivity index (χ4v) is 2.40. The fourth-order valence-electron chi connectivity index (χ4n) is 2.40. The normalized spacial score (nSPS) is 25.7. The first-order valence-corrected chi connectivity index (χ1v) is 6.56. The van der Waals surface area contributed by atoms with Crippen LogP contribution in [0.1, 0.15) is 20.3 Å². The molecule has 2 atom stereocenters. The third-order valence-electron chi connectivity index (χ3n) is 3.28. The molecule has 6 heteroatoms. The Morgan fingerprint density at radius 2 is 2.06 bits per heavy atom. The van der Waals surface area contributed by atoms with Gasteiger partial charge < -0.3 is 10.1 Å². The van der Waals surface area contributed by atoms with Gasteiger partial charge in [0.05, 0.1) is 13.2 Å². The molecule has 3 nitrogen and oxygen atoms in total. The fraction of sp³-hybridized carbons (Fsp3) is 1.00. The second-order valence-corrected chi connectivity index (χ2v) is 4.73. The molecule has 0 amide bonds. The summed E-state index contributed by atoms with van der Waals surface area (Å²) in [5.74, 6) is 0.140. The van der Waals surface area contributed by atoms with Crippen molar-refractivity contribution in [1.82, 2.24) is 10.2 Å². The van der Waals surface area contributed by atoms with Crippen molar-refractivity contribution in [3.05, 3.63) is 0 Å². The van der Waals surface area contributed by atoms with Crippen LogP contribution in [-0.4, -0.2) is 56.5 Å². The van der Waals surface area contributed by atoms with E-state index in [4.69, 9.17) is 4.74 Å². The molecule has 18 heavy (non-hydrogen) atoms. The zero-order valence-corrected chi connectivity index (χ0v) is 11.1. The lowest BCUT2D eigenvalue weighted by molar-refractivity contribution is -0.148. The van der Waals surface area contributed by atoms with Crippen molar-refractivity contribution in [2.45, 2.75) is 32.5 Å². The molecule has 0 spiro atoms. The van der Waals surface area contributed by atoms with E-state index < -0.39 is 12.7 Å². The van der Waals surface area contributed by atoms with E-state index in [1.165, 1.54) is 4.90 Å². The van der Waals surface area contributed by atoms with Crippen LogP contribution in [0.25, 0.3) is 0 Å². The summed E-state index contributed by atoms with van der Waals surface area (Å²) in [6, 6.07) is 0.269. The first-order valence-electron chi connectivity index (χ1n) is 6.56. The highest BCUT2D eigenvalue weighted by Gasteiger charge is 2.33. The summed E-state index contributed by atoms with van der Waals surface area (Å²) in [7, 11) is 0. The topological polar surface area (TPSA) is 24.5 Å². The lowest BCUT2D eigenvalue weighted by Gasteiger charge is -2.35. The van der Waals surface area contributed by atoms with Gasteiger partial charge in [-0.2, -0.15) is 13.2 Å². The smallest absolute Gasteiger partial charge is 0.381 e. The molecule has 1 heterocycles. The Balaban J connectivity index is 2.50. The quantitative estimate of drug-likeness (QED) is 0.796. The van der Waals surface area contributed by atoms with Crippen LogP contribution in [0.2, 0.25) is 0 Å². The minimum atomic E-state index is -4.13. The summed E-state index contributed by atoms with van der Waals surface area (Å²) in [6.07, 6.45) is -3.25. The first-order chi connectivity index (χ1) is 8.46. The number of nitrogens with zero attached hydrogens (tertiary/aromatic N) is 1. The molecule has 1 rings (SSSR count). The number of alkyl halides is 3. The van der Waals surface area contributed by atoms with E-state index >= 15 is 0 Å². The van der Waals surface area contributed by atoms with Crippen molar-refractivity contribution in [2.24, 2.45) is 5.92 Å². The highest BCUT2D eigenvalue weighted by molar-refractivity contribution is 4.82. The Kier molecular flexibility index (Phi) is 6.38. The molecule has 1 fully saturated rings. The minimum Gasteiger partial charge on any atom is -0.381 e. The van der Waals surface area contributed by atoms with Crippen LogP contribution in [0.4, 0.5) is 13.2 Å². The number of halogens is 3. The summed E-state index contributed by atoms with van der Waals surface area (Å²) in [5, 5.41) is 3.34. The number of nitrogens with one attached hydrogen (secondary N) is 1. The molecule has 0 aliphatic carbocycles. The van der Waals surface area contributed by atoms with Crippen LogP contribution in [0.5, 0.6) is 0 Å². The lowest BCUT2D eigenvalue weighted by atomic mass is 9.95. The van der Waals surface area contributed by atoms with Crippen molar-refractivity contribution < 1.29 is 17.9 Å². The lowest BCUT2D eigenvalue weighted by Crippen LogP contribution is -2.49. The average molecular weight is 268 g/mol. The molecular weight excluding hydrogens is 245 g/mol. The molecule has 0 bridgehead atoms. The van der Waals surface area contributed by atoms with E-state index in [-0.39, 0.29) is 12.0 Å². The van der Waals surface area contributed by atoms with Crippen molar-refractivity contribution in [3.63, 3.8) is 0 Å². The second-order valence-electron chi connectivity index (χ2n) is 4.73. The van der Waals surface area contributed by atoms with Crippen molar-refractivity contribution in [1.29, 1.82) is 0 Å². The zero-order chi connectivity index (χ0) is 13.6. The number of rotatable bonds is 6. The molecule has 0 radical (unpaired) electrons. The van der Waals surface area contributed by atoms with Crippen LogP contribution in [0.15, 0.2) is 0 Å². The van der Waals surface area contributed by atoms with E-state index in [1.54, 1.807) is 6.92 Å². The Labute approximate surface area is 107 Å². The van der Waals surface area contributed by atoms with Gasteiger partial charge in [-0.05, 0) is 19.5 Å². The van der Waals surface area contributed by atoms with Crippen LogP contribution in [-0.2, 0) is 4.74 Å². The van der Waals surface area contributed by atoms with Gasteiger partial charge in [-0.15, -0.1) is 0 Å². The Hall–Kier alpha value is -0.330. The van der Waals surface area contributed by atoms with E-state index in [9.17, 15) is 13.2 Å². The minimum absolute atomic E-state index is 0.140. The van der Waals surface area contributed by atoms with Gasteiger partial charge in [0, 0.05) is 25.1 Å². The van der Waals surface area contributed by atoms with Crippen LogP contribution in [0, 0.1) is 5.92 Å². The zero-order valence-electron chi connectivity index (χ0n) is 11.1. The van der Waals surface area contributed by atoms with Gasteiger partial charge in [0.1, 0.15) is 0 Å². The van der Waals surface area contributed by atoms with E-state index in [0.717, 1.165) is 13.0 Å². The van der Waals surface area contributed by atoms with Gasteiger partial charge in [0.15, 0.2) is 0 Å². The monoisotopic (exact) mass is 268 g/mol. The molecule has 0 aromatic carbocycles. The van der Waals surface area contributed by atoms with Gasteiger partial charge in [0.25, 0.3) is 0 Å². The van der Waals surface area contributed by atoms with E-state index in [2.05, 4.69) is 5.32 Å². The average Bonchev–Trinajstić information content (AvgIpc) is 2.29. The first kappa shape index (κ1) is 15.7. The Bertz CT molecular complexity index is 234. The van der Waals surface area contributed by atoms with Crippen LogP contribution in [0.3, 0.4) is 0 Å². The van der Waals surface area contributed by atoms with Gasteiger partial charge in [-0.3, -0.25) is 4.90 Å². The maximum Gasteiger partial charge on any atom is 0.401 e. The predicted octanol–water partition coefficient (Wildman–Crippen LogP) is 1.89. The highest BCUT2D eigenvalue weighted by atomic mass is 19.4. The molecule has 0 saturated carbocycles. The molecule has 0 aromatic rings. The molecule has 1 aliphatic heterocycles. The van der Waals surface area contributed by atoms with Gasteiger partial charge >= 0.3 is 6.18 Å². The maximum atomic E-state index is 12.4. The second kappa shape index (κ2) is 7.31. The van der Waals surface area contributed by atoms with Crippen LogP contribution >= 0.6 is 0 Å². The summed E-state index contributed by atoms with van der Waals surface area (Å²) >= 11 is 0. The number of ether oxygens (including phenoxy) is 1. The molecule has 2 unspecified atom stereocenters. The maximum absolute atomic E-state index is 12.4. The predicted molar refractivity (Wildman–Crippen MR) is 64.6 cm³/mol. The Morgan fingerprint density at radius 1 is 1.33 bits per heavy atom. The standard InChI is InChI=1S/C12H23F3N2O/c1-3-16-11-5-6-18-8-10(11)7-17(4-2)9-12(13,14)15/h10-11,16H,3-9H2,1-2H3. The molecule has 108 valence electrons. The van der Waals surface area contributed by atoms with E-state index in [1.807, 2.05) is 6.92 Å². The summed E-state index contributed by atoms with van der Waals surface area (Å²) in [4.78, 5) is 1.45. The highest BCUT2D eigenvalue weighted by Crippen LogP contribution is 2.20. The summed E-state index contributed by atoms with van der Waals surface area (Å²) in [6.45, 7) is 5.87. The number of hydrogen-bond acceptors (Lipinski definition) is 3. The van der Waals surface area contributed by atoms with Gasteiger partial charge in [-0.1, -0.05) is 13.8 Å². The third kappa shape index (κ3) is 5.54. The molecule has 1 saturated heterocycles. The molecular formula is C12H23F3N2O. The van der Waals surface area contributed by atoms with Gasteiger partial charge in [-0.25, -0.2) is 0 Å².